The van der Waals surface area contributed by atoms with Crippen molar-refractivity contribution in [2.45, 2.75) is 12.5 Å². The molecule has 0 bridgehead atoms. The van der Waals surface area contributed by atoms with Crippen molar-refractivity contribution in [3.8, 4) is 5.75 Å². The van der Waals surface area contributed by atoms with Gasteiger partial charge in [0, 0.05) is 5.56 Å². The molecule has 0 spiro atoms. The van der Waals surface area contributed by atoms with E-state index in [0.29, 0.717) is 5.75 Å². The average molecular weight is 178 g/mol. The van der Waals surface area contributed by atoms with Crippen LogP contribution in [0.5, 0.6) is 5.75 Å². The largest absolute Gasteiger partial charge is 0.496 e. The molecule has 2 nitrogen and oxygen atoms in total. The van der Waals surface area contributed by atoms with Gasteiger partial charge in [0.15, 0.2) is 0 Å². The summed E-state index contributed by atoms with van der Waals surface area (Å²) in [4.78, 5) is 0. The zero-order chi connectivity index (χ0) is 9.90. The topological polar surface area (TPSA) is 29.5 Å². The molecule has 0 unspecified atom stereocenters. The summed E-state index contributed by atoms with van der Waals surface area (Å²) >= 11 is 0. The number of para-hydroxylation sites is 1. The lowest BCUT2D eigenvalue weighted by Gasteiger charge is -2.21. The number of benzene rings is 1. The number of methoxy groups -OCH3 is 1. The lowest BCUT2D eigenvalue weighted by molar-refractivity contribution is 0.108. The molecule has 1 aromatic rings. The number of hydrogen-bond acceptors (Lipinski definition) is 2. The standard InChI is InChI=1S/C11H14O2/c1-4-11(2,12)9-7-5-6-8-10(9)13-3/h4-8,12H,1H2,2-3H3/t11-/m1/s1. The minimum Gasteiger partial charge on any atom is -0.496 e. The predicted molar refractivity (Wildman–Crippen MR) is 52.8 cm³/mol. The van der Waals surface area contributed by atoms with E-state index in [0.717, 1.165) is 5.56 Å². The van der Waals surface area contributed by atoms with Crippen LogP contribution in [0.4, 0.5) is 0 Å². The molecular weight excluding hydrogens is 164 g/mol. The van der Waals surface area contributed by atoms with Crippen LogP contribution in [-0.2, 0) is 5.60 Å². The van der Waals surface area contributed by atoms with Crippen molar-refractivity contribution in [1.82, 2.24) is 0 Å². The van der Waals surface area contributed by atoms with Gasteiger partial charge in [0.05, 0.1) is 7.11 Å². The third-order valence-electron chi connectivity index (χ3n) is 2.05. The summed E-state index contributed by atoms with van der Waals surface area (Å²) in [6, 6.07) is 7.35. The molecule has 0 radical (unpaired) electrons. The van der Waals surface area contributed by atoms with Gasteiger partial charge in [0.25, 0.3) is 0 Å². The monoisotopic (exact) mass is 178 g/mol. The van der Waals surface area contributed by atoms with Crippen LogP contribution in [0, 0.1) is 0 Å². The molecule has 13 heavy (non-hydrogen) atoms. The molecule has 0 saturated heterocycles. The minimum absolute atomic E-state index is 0.674. The van der Waals surface area contributed by atoms with Crippen molar-refractivity contribution in [2.75, 3.05) is 7.11 Å². The molecule has 0 aliphatic rings. The Kier molecular flexibility index (Phi) is 2.73. The first-order valence-corrected chi connectivity index (χ1v) is 4.11. The normalized spacial score (nSPS) is 14.7. The van der Waals surface area contributed by atoms with E-state index in [4.69, 9.17) is 4.74 Å². The summed E-state index contributed by atoms with van der Waals surface area (Å²) in [5, 5.41) is 9.91. The molecule has 2 heteroatoms. The fraction of sp³-hybridized carbons (Fsp3) is 0.273. The average Bonchev–Trinajstić information content (AvgIpc) is 2.18. The van der Waals surface area contributed by atoms with Crippen molar-refractivity contribution in [3.63, 3.8) is 0 Å². The van der Waals surface area contributed by atoms with Crippen LogP contribution in [0.3, 0.4) is 0 Å². The number of aliphatic hydroxyl groups is 1. The van der Waals surface area contributed by atoms with Crippen LogP contribution in [0.2, 0.25) is 0 Å². The molecule has 0 fully saturated rings. The Bertz CT molecular complexity index is 303. The van der Waals surface area contributed by atoms with E-state index in [-0.39, 0.29) is 0 Å². The van der Waals surface area contributed by atoms with Crippen LogP contribution in [0.15, 0.2) is 36.9 Å². The molecule has 0 heterocycles. The van der Waals surface area contributed by atoms with Gasteiger partial charge in [-0.25, -0.2) is 0 Å². The second-order valence-corrected chi connectivity index (χ2v) is 3.05. The summed E-state index contributed by atoms with van der Waals surface area (Å²) in [5.74, 6) is 0.674. The minimum atomic E-state index is -1.04. The molecule has 1 rings (SSSR count). The van der Waals surface area contributed by atoms with Crippen LogP contribution >= 0.6 is 0 Å². The molecule has 0 aliphatic carbocycles. The SMILES string of the molecule is C=C[C@@](C)(O)c1ccccc1OC. The molecular formula is C11H14O2. The molecule has 0 aliphatic heterocycles. The Labute approximate surface area is 78.5 Å². The first kappa shape index (κ1) is 9.81. The van der Waals surface area contributed by atoms with Gasteiger partial charge in [-0.05, 0) is 13.0 Å². The summed E-state index contributed by atoms with van der Waals surface area (Å²) < 4.78 is 5.13. The van der Waals surface area contributed by atoms with Crippen molar-refractivity contribution < 1.29 is 9.84 Å². The van der Waals surface area contributed by atoms with Gasteiger partial charge < -0.3 is 9.84 Å². The third kappa shape index (κ3) is 1.90. The smallest absolute Gasteiger partial charge is 0.125 e. The molecule has 1 N–H and O–H groups in total. The Morgan fingerprint density at radius 1 is 1.46 bits per heavy atom. The number of ether oxygens (including phenoxy) is 1. The fourth-order valence-corrected chi connectivity index (χ4v) is 1.17. The van der Waals surface area contributed by atoms with Crippen LogP contribution in [0.1, 0.15) is 12.5 Å². The van der Waals surface area contributed by atoms with E-state index < -0.39 is 5.60 Å². The lowest BCUT2D eigenvalue weighted by Crippen LogP contribution is -2.18. The number of hydrogen-bond donors (Lipinski definition) is 1. The molecule has 1 aromatic carbocycles. The maximum atomic E-state index is 9.91. The highest BCUT2D eigenvalue weighted by Gasteiger charge is 2.21. The van der Waals surface area contributed by atoms with E-state index in [2.05, 4.69) is 6.58 Å². The molecule has 70 valence electrons. The Balaban J connectivity index is 3.20. The van der Waals surface area contributed by atoms with Crippen LogP contribution in [-0.4, -0.2) is 12.2 Å². The first-order valence-electron chi connectivity index (χ1n) is 4.11. The van der Waals surface area contributed by atoms with Gasteiger partial charge in [-0.2, -0.15) is 0 Å². The fourth-order valence-electron chi connectivity index (χ4n) is 1.17. The van der Waals surface area contributed by atoms with E-state index in [9.17, 15) is 5.11 Å². The van der Waals surface area contributed by atoms with E-state index in [1.165, 1.54) is 6.08 Å². The van der Waals surface area contributed by atoms with E-state index >= 15 is 0 Å². The predicted octanol–water partition coefficient (Wildman–Crippen LogP) is 2.09. The van der Waals surface area contributed by atoms with Gasteiger partial charge in [0.1, 0.15) is 11.4 Å². The second-order valence-electron chi connectivity index (χ2n) is 3.05. The summed E-state index contributed by atoms with van der Waals surface area (Å²) in [5.41, 5.74) is -0.306. The molecule has 1 atom stereocenters. The van der Waals surface area contributed by atoms with Gasteiger partial charge in [0.2, 0.25) is 0 Å². The highest BCUT2D eigenvalue weighted by atomic mass is 16.5. The zero-order valence-corrected chi connectivity index (χ0v) is 7.95. The van der Waals surface area contributed by atoms with Gasteiger partial charge >= 0.3 is 0 Å². The molecule has 0 aromatic heterocycles. The maximum absolute atomic E-state index is 9.91. The highest BCUT2D eigenvalue weighted by Crippen LogP contribution is 2.29. The van der Waals surface area contributed by atoms with Crippen molar-refractivity contribution in [1.29, 1.82) is 0 Å². The van der Waals surface area contributed by atoms with Crippen molar-refractivity contribution in [2.24, 2.45) is 0 Å². The molecule has 0 amide bonds. The molecule has 0 saturated carbocycles. The van der Waals surface area contributed by atoms with Crippen molar-refractivity contribution >= 4 is 0 Å². The lowest BCUT2D eigenvalue weighted by atomic mass is 9.95. The van der Waals surface area contributed by atoms with Gasteiger partial charge in [-0.1, -0.05) is 30.9 Å². The van der Waals surface area contributed by atoms with Crippen molar-refractivity contribution in [3.05, 3.63) is 42.5 Å². The zero-order valence-electron chi connectivity index (χ0n) is 7.95. The second kappa shape index (κ2) is 3.62. The summed E-state index contributed by atoms with van der Waals surface area (Å²) in [7, 11) is 1.58. The van der Waals surface area contributed by atoms with Gasteiger partial charge in [-0.3, -0.25) is 0 Å². The first-order chi connectivity index (χ1) is 6.11. The van der Waals surface area contributed by atoms with E-state index in [1.807, 2.05) is 24.3 Å². The van der Waals surface area contributed by atoms with Gasteiger partial charge in [-0.15, -0.1) is 0 Å². The summed E-state index contributed by atoms with van der Waals surface area (Å²) in [6.07, 6.45) is 1.49. The highest BCUT2D eigenvalue weighted by molar-refractivity contribution is 5.39. The quantitative estimate of drug-likeness (QED) is 0.718. The summed E-state index contributed by atoms with van der Waals surface area (Å²) in [6.45, 7) is 5.26. The Hall–Kier alpha value is -1.28. The van der Waals surface area contributed by atoms with Crippen LogP contribution < -0.4 is 4.74 Å². The van der Waals surface area contributed by atoms with Crippen LogP contribution in [0.25, 0.3) is 0 Å². The maximum Gasteiger partial charge on any atom is 0.125 e. The Morgan fingerprint density at radius 2 is 2.08 bits per heavy atom. The third-order valence-corrected chi connectivity index (χ3v) is 2.05. The van der Waals surface area contributed by atoms with E-state index in [1.54, 1.807) is 14.0 Å². The Morgan fingerprint density at radius 3 is 2.62 bits per heavy atom. The number of rotatable bonds is 3.